The Morgan fingerprint density at radius 1 is 1.36 bits per heavy atom. The summed E-state index contributed by atoms with van der Waals surface area (Å²) >= 11 is 0. The van der Waals surface area contributed by atoms with Crippen LogP contribution in [0.5, 0.6) is 0 Å². The first kappa shape index (κ1) is 10.9. The quantitative estimate of drug-likeness (QED) is 0.592. The van der Waals surface area contributed by atoms with Crippen LogP contribution in [-0.4, -0.2) is 52.3 Å². The van der Waals surface area contributed by atoms with Crippen molar-refractivity contribution in [3.8, 4) is 0 Å². The van der Waals surface area contributed by atoms with Gasteiger partial charge in [0.05, 0.1) is 6.10 Å². The molecule has 0 bridgehead atoms. The van der Waals surface area contributed by atoms with Crippen molar-refractivity contribution in [2.24, 2.45) is 0 Å². The summed E-state index contributed by atoms with van der Waals surface area (Å²) in [5, 5.41) is 3.20. The van der Waals surface area contributed by atoms with Crippen molar-refractivity contribution in [1.82, 2.24) is 10.2 Å². The molecule has 1 saturated heterocycles. The first-order valence-electron chi connectivity index (χ1n) is 4.01. The lowest BCUT2D eigenvalue weighted by molar-refractivity contribution is 0.119. The van der Waals surface area contributed by atoms with Crippen LogP contribution in [0.15, 0.2) is 0 Å². The standard InChI is InChI=1S/C5H11NO.C3H9N/c1-7-5-2-3-6-4-5;1-4(2)3/h5-6H,2-4H2,1H3;1-3H3. The Bertz CT molecular complexity index is 77.4. The van der Waals surface area contributed by atoms with E-state index in [9.17, 15) is 0 Å². The highest BCUT2D eigenvalue weighted by molar-refractivity contribution is 4.69. The number of ether oxygens (including phenoxy) is 1. The molecular formula is C8H20N2O. The lowest BCUT2D eigenvalue weighted by Gasteiger charge is -2.01. The summed E-state index contributed by atoms with van der Waals surface area (Å²) in [6.07, 6.45) is 1.66. The number of hydrogen-bond acceptors (Lipinski definition) is 3. The van der Waals surface area contributed by atoms with Gasteiger partial charge < -0.3 is 15.0 Å². The summed E-state index contributed by atoms with van der Waals surface area (Å²) in [6.45, 7) is 2.16. The van der Waals surface area contributed by atoms with Crippen molar-refractivity contribution in [3.63, 3.8) is 0 Å². The lowest BCUT2D eigenvalue weighted by Crippen LogP contribution is -2.14. The monoisotopic (exact) mass is 160 g/mol. The Morgan fingerprint density at radius 2 is 1.91 bits per heavy atom. The van der Waals surface area contributed by atoms with Gasteiger partial charge in [0.1, 0.15) is 0 Å². The second kappa shape index (κ2) is 6.58. The molecule has 3 nitrogen and oxygen atoms in total. The zero-order valence-electron chi connectivity index (χ0n) is 8.05. The van der Waals surface area contributed by atoms with Gasteiger partial charge >= 0.3 is 0 Å². The minimum Gasteiger partial charge on any atom is -0.380 e. The van der Waals surface area contributed by atoms with Gasteiger partial charge in [-0.2, -0.15) is 0 Å². The molecule has 11 heavy (non-hydrogen) atoms. The van der Waals surface area contributed by atoms with Crippen LogP contribution in [0, 0.1) is 0 Å². The molecule has 1 aliphatic heterocycles. The van der Waals surface area contributed by atoms with E-state index < -0.39 is 0 Å². The first-order chi connectivity index (χ1) is 5.16. The molecule has 0 radical (unpaired) electrons. The Balaban J connectivity index is 0.000000218. The molecule has 0 aromatic carbocycles. The van der Waals surface area contributed by atoms with Crippen LogP contribution >= 0.6 is 0 Å². The van der Waals surface area contributed by atoms with E-state index in [1.54, 1.807) is 7.11 Å². The van der Waals surface area contributed by atoms with Crippen LogP contribution in [0.3, 0.4) is 0 Å². The molecule has 1 rings (SSSR count). The summed E-state index contributed by atoms with van der Waals surface area (Å²) in [6, 6.07) is 0. The number of rotatable bonds is 1. The molecule has 1 unspecified atom stereocenters. The highest BCUT2D eigenvalue weighted by Gasteiger charge is 2.11. The molecule has 0 spiro atoms. The zero-order valence-corrected chi connectivity index (χ0v) is 8.05. The molecule has 68 valence electrons. The fraction of sp³-hybridized carbons (Fsp3) is 1.00. The van der Waals surface area contributed by atoms with Gasteiger partial charge in [-0.25, -0.2) is 0 Å². The van der Waals surface area contributed by atoms with Gasteiger partial charge in [0.2, 0.25) is 0 Å². The minimum atomic E-state index is 0.486. The normalized spacial score (nSPS) is 23.2. The summed E-state index contributed by atoms with van der Waals surface area (Å²) in [5.74, 6) is 0. The molecule has 0 aliphatic carbocycles. The maximum atomic E-state index is 5.05. The van der Waals surface area contributed by atoms with Crippen LogP contribution in [0.25, 0.3) is 0 Å². The smallest absolute Gasteiger partial charge is 0.0707 e. The summed E-state index contributed by atoms with van der Waals surface area (Å²) in [4.78, 5) is 2.00. The predicted molar refractivity (Wildman–Crippen MR) is 47.9 cm³/mol. The van der Waals surface area contributed by atoms with Gasteiger partial charge in [-0.05, 0) is 34.1 Å². The number of hydrogen-bond donors (Lipinski definition) is 1. The molecule has 1 atom stereocenters. The van der Waals surface area contributed by atoms with Gasteiger partial charge in [-0.3, -0.25) is 0 Å². The molecule has 0 amide bonds. The molecule has 0 saturated carbocycles. The molecule has 1 heterocycles. The Hall–Kier alpha value is -0.120. The SMILES string of the molecule is CN(C)C.COC1CCNC1. The van der Waals surface area contributed by atoms with Crippen LogP contribution in [0.1, 0.15) is 6.42 Å². The van der Waals surface area contributed by atoms with E-state index in [1.165, 1.54) is 6.42 Å². The highest BCUT2D eigenvalue weighted by Crippen LogP contribution is 1.99. The second-order valence-corrected chi connectivity index (χ2v) is 3.19. The van der Waals surface area contributed by atoms with Gasteiger partial charge in [-0.1, -0.05) is 0 Å². The fourth-order valence-corrected chi connectivity index (χ4v) is 0.829. The minimum absolute atomic E-state index is 0.486. The number of methoxy groups -OCH3 is 1. The van der Waals surface area contributed by atoms with E-state index in [1.807, 2.05) is 26.0 Å². The highest BCUT2D eigenvalue weighted by atomic mass is 16.5. The van der Waals surface area contributed by atoms with E-state index in [0.717, 1.165) is 13.1 Å². The molecule has 1 aliphatic rings. The van der Waals surface area contributed by atoms with Crippen molar-refractivity contribution in [2.45, 2.75) is 12.5 Å². The third-order valence-electron chi connectivity index (χ3n) is 1.35. The molecular weight excluding hydrogens is 140 g/mol. The molecule has 0 aromatic heterocycles. The fourth-order valence-electron chi connectivity index (χ4n) is 0.829. The van der Waals surface area contributed by atoms with E-state index in [2.05, 4.69) is 5.32 Å². The average Bonchev–Trinajstić information content (AvgIpc) is 2.36. The molecule has 1 N–H and O–H groups in total. The third-order valence-corrected chi connectivity index (χ3v) is 1.35. The van der Waals surface area contributed by atoms with Crippen LogP contribution in [0.2, 0.25) is 0 Å². The van der Waals surface area contributed by atoms with Crippen molar-refractivity contribution in [1.29, 1.82) is 0 Å². The molecule has 3 heteroatoms. The van der Waals surface area contributed by atoms with E-state index in [4.69, 9.17) is 4.74 Å². The van der Waals surface area contributed by atoms with Gasteiger partial charge in [0.15, 0.2) is 0 Å². The van der Waals surface area contributed by atoms with Gasteiger partial charge in [0, 0.05) is 13.7 Å². The maximum Gasteiger partial charge on any atom is 0.0707 e. The van der Waals surface area contributed by atoms with E-state index >= 15 is 0 Å². The van der Waals surface area contributed by atoms with Crippen molar-refractivity contribution < 1.29 is 4.74 Å². The Kier molecular flexibility index (Phi) is 6.51. The van der Waals surface area contributed by atoms with Crippen molar-refractivity contribution in [2.75, 3.05) is 41.3 Å². The number of nitrogens with zero attached hydrogens (tertiary/aromatic N) is 1. The van der Waals surface area contributed by atoms with Crippen molar-refractivity contribution in [3.05, 3.63) is 0 Å². The number of nitrogens with one attached hydrogen (secondary N) is 1. The van der Waals surface area contributed by atoms with E-state index in [0.29, 0.717) is 6.10 Å². The lowest BCUT2D eigenvalue weighted by atomic mass is 10.3. The third kappa shape index (κ3) is 7.78. The first-order valence-corrected chi connectivity index (χ1v) is 4.01. The largest absolute Gasteiger partial charge is 0.380 e. The van der Waals surface area contributed by atoms with E-state index in [-0.39, 0.29) is 0 Å². The van der Waals surface area contributed by atoms with Crippen molar-refractivity contribution >= 4 is 0 Å². The van der Waals surface area contributed by atoms with Gasteiger partial charge in [0.25, 0.3) is 0 Å². The van der Waals surface area contributed by atoms with Gasteiger partial charge in [-0.15, -0.1) is 0 Å². The zero-order chi connectivity index (χ0) is 8.69. The molecule has 0 aromatic rings. The summed E-state index contributed by atoms with van der Waals surface area (Å²) in [5.41, 5.74) is 0. The Morgan fingerprint density at radius 3 is 2.09 bits per heavy atom. The topological polar surface area (TPSA) is 24.5 Å². The average molecular weight is 160 g/mol. The maximum absolute atomic E-state index is 5.05. The van der Waals surface area contributed by atoms with Crippen LogP contribution in [0.4, 0.5) is 0 Å². The predicted octanol–water partition coefficient (Wildman–Crippen LogP) is 0.173. The van der Waals surface area contributed by atoms with Crippen LogP contribution < -0.4 is 5.32 Å². The summed E-state index contributed by atoms with van der Waals surface area (Å²) in [7, 11) is 7.76. The molecule has 1 fully saturated rings. The Labute approximate surface area is 69.7 Å². The van der Waals surface area contributed by atoms with Crippen LogP contribution in [-0.2, 0) is 4.74 Å². The second-order valence-electron chi connectivity index (χ2n) is 3.19. The summed E-state index contributed by atoms with van der Waals surface area (Å²) < 4.78 is 5.05.